The molecule has 2 heterocycles. The Hall–Kier alpha value is -1.88. The molecule has 2 saturated heterocycles. The van der Waals surface area contributed by atoms with Crippen molar-refractivity contribution in [2.45, 2.75) is 39.2 Å². The second-order valence-corrected chi connectivity index (χ2v) is 7.63. The van der Waals surface area contributed by atoms with Crippen LogP contribution in [0.1, 0.15) is 43.5 Å². The van der Waals surface area contributed by atoms with Crippen LogP contribution in [-0.4, -0.2) is 60.4 Å². The van der Waals surface area contributed by atoms with Crippen LogP contribution in [0.5, 0.6) is 0 Å². The van der Waals surface area contributed by atoms with Gasteiger partial charge in [0.15, 0.2) is 0 Å². The summed E-state index contributed by atoms with van der Waals surface area (Å²) >= 11 is 0. The van der Waals surface area contributed by atoms with E-state index >= 15 is 0 Å². The van der Waals surface area contributed by atoms with Crippen LogP contribution in [0.25, 0.3) is 0 Å². The lowest BCUT2D eigenvalue weighted by Crippen LogP contribution is -2.54. The molecule has 2 fully saturated rings. The first-order valence-electron chi connectivity index (χ1n) is 9.97. The molecule has 142 valence electrons. The van der Waals surface area contributed by atoms with Gasteiger partial charge >= 0.3 is 0 Å². The molecule has 0 radical (unpaired) electrons. The van der Waals surface area contributed by atoms with E-state index in [4.69, 9.17) is 0 Å². The number of amides is 2. The van der Waals surface area contributed by atoms with E-state index in [0.717, 1.165) is 57.5 Å². The van der Waals surface area contributed by atoms with Crippen LogP contribution < -0.4 is 5.32 Å². The number of nitrogens with one attached hydrogen (secondary N) is 1. The molecule has 3 rings (SSSR count). The number of rotatable bonds is 6. The summed E-state index contributed by atoms with van der Waals surface area (Å²) in [4.78, 5) is 29.7. The lowest BCUT2D eigenvalue weighted by Gasteiger charge is -2.41. The predicted molar refractivity (Wildman–Crippen MR) is 103 cm³/mol. The van der Waals surface area contributed by atoms with Crippen LogP contribution in [0.3, 0.4) is 0 Å². The van der Waals surface area contributed by atoms with Crippen LogP contribution in [0.15, 0.2) is 30.3 Å². The average molecular weight is 357 g/mol. The summed E-state index contributed by atoms with van der Waals surface area (Å²) in [7, 11) is 0. The molecule has 26 heavy (non-hydrogen) atoms. The molecule has 0 spiro atoms. The smallest absolute Gasteiger partial charge is 0.253 e. The van der Waals surface area contributed by atoms with Gasteiger partial charge in [0.25, 0.3) is 5.91 Å². The number of hydrogen-bond acceptors (Lipinski definition) is 3. The summed E-state index contributed by atoms with van der Waals surface area (Å²) in [6, 6.07) is 9.73. The summed E-state index contributed by atoms with van der Waals surface area (Å²) in [6.45, 7) is 8.39. The number of hydrogen-bond donors (Lipinski definition) is 1. The molecule has 2 aliphatic rings. The van der Waals surface area contributed by atoms with Crippen molar-refractivity contribution in [1.82, 2.24) is 15.1 Å². The molecule has 1 aromatic rings. The number of piperidine rings is 1. The van der Waals surface area contributed by atoms with Crippen LogP contribution >= 0.6 is 0 Å². The number of likely N-dealkylation sites (tertiary alicyclic amines) is 1. The monoisotopic (exact) mass is 357 g/mol. The van der Waals surface area contributed by atoms with E-state index in [-0.39, 0.29) is 17.9 Å². The van der Waals surface area contributed by atoms with Crippen molar-refractivity contribution >= 4 is 11.8 Å². The van der Waals surface area contributed by atoms with Gasteiger partial charge in [0.2, 0.25) is 5.91 Å². The van der Waals surface area contributed by atoms with E-state index in [1.54, 1.807) is 0 Å². The first-order valence-corrected chi connectivity index (χ1v) is 9.97. The molecule has 1 aromatic carbocycles. The summed E-state index contributed by atoms with van der Waals surface area (Å²) < 4.78 is 0. The lowest BCUT2D eigenvalue weighted by molar-refractivity contribution is -0.140. The van der Waals surface area contributed by atoms with Crippen LogP contribution in [-0.2, 0) is 4.79 Å². The van der Waals surface area contributed by atoms with E-state index in [0.29, 0.717) is 11.8 Å². The number of benzene rings is 1. The molecule has 0 bridgehead atoms. The van der Waals surface area contributed by atoms with Gasteiger partial charge in [0, 0.05) is 37.2 Å². The third-order valence-electron chi connectivity index (χ3n) is 5.87. The van der Waals surface area contributed by atoms with Gasteiger partial charge in [-0.1, -0.05) is 32.0 Å². The van der Waals surface area contributed by atoms with E-state index in [1.165, 1.54) is 0 Å². The fourth-order valence-electron chi connectivity index (χ4n) is 3.99. The van der Waals surface area contributed by atoms with Gasteiger partial charge in [-0.15, -0.1) is 0 Å². The molecule has 1 atom stereocenters. The van der Waals surface area contributed by atoms with Crippen molar-refractivity contribution in [1.29, 1.82) is 0 Å². The van der Waals surface area contributed by atoms with Gasteiger partial charge in [-0.05, 0) is 50.4 Å². The summed E-state index contributed by atoms with van der Waals surface area (Å²) in [5.41, 5.74) is 0.749. The lowest BCUT2D eigenvalue weighted by atomic mass is 9.87. The maximum atomic E-state index is 13.0. The quantitative estimate of drug-likeness (QED) is 0.850. The number of carbonyl (C=O) groups excluding carboxylic acids is 2. The highest BCUT2D eigenvalue weighted by atomic mass is 16.2. The van der Waals surface area contributed by atoms with E-state index in [2.05, 4.69) is 24.1 Å². The van der Waals surface area contributed by atoms with Crippen LogP contribution in [0.2, 0.25) is 0 Å². The Kier molecular flexibility index (Phi) is 6.30. The average Bonchev–Trinajstić information content (AvgIpc) is 2.64. The minimum Gasteiger partial charge on any atom is -0.339 e. The fourth-order valence-corrected chi connectivity index (χ4v) is 3.99. The second-order valence-electron chi connectivity index (χ2n) is 7.63. The Bertz CT molecular complexity index is 607. The van der Waals surface area contributed by atoms with Crippen molar-refractivity contribution < 1.29 is 9.59 Å². The zero-order chi connectivity index (χ0) is 18.5. The zero-order valence-electron chi connectivity index (χ0n) is 16.0. The third-order valence-corrected chi connectivity index (χ3v) is 5.87. The molecule has 5 nitrogen and oxygen atoms in total. The molecular weight excluding hydrogens is 326 g/mol. The van der Waals surface area contributed by atoms with Crippen LogP contribution in [0.4, 0.5) is 0 Å². The van der Waals surface area contributed by atoms with Crippen molar-refractivity contribution in [3.05, 3.63) is 35.9 Å². The SMILES string of the molecule is CCCN(C(=O)C(C)C1CNC1)C1CCN(C(=O)c2ccccc2)CC1. The van der Waals surface area contributed by atoms with Gasteiger partial charge < -0.3 is 15.1 Å². The van der Waals surface area contributed by atoms with Gasteiger partial charge in [-0.25, -0.2) is 0 Å². The molecule has 1 unspecified atom stereocenters. The maximum absolute atomic E-state index is 13.0. The highest BCUT2D eigenvalue weighted by Crippen LogP contribution is 2.24. The first-order chi connectivity index (χ1) is 12.6. The third kappa shape index (κ3) is 4.09. The Morgan fingerprint density at radius 3 is 2.38 bits per heavy atom. The standard InChI is InChI=1S/C21H31N3O2/c1-3-11-24(20(25)16(2)18-14-22-15-18)19-9-12-23(13-10-19)21(26)17-7-5-4-6-8-17/h4-8,16,18-19,22H,3,9-15H2,1-2H3. The molecule has 1 N–H and O–H groups in total. The fraction of sp³-hybridized carbons (Fsp3) is 0.619. The van der Waals surface area contributed by atoms with Crippen molar-refractivity contribution in [2.24, 2.45) is 11.8 Å². The van der Waals surface area contributed by atoms with Crippen molar-refractivity contribution in [2.75, 3.05) is 32.7 Å². The largest absolute Gasteiger partial charge is 0.339 e. The van der Waals surface area contributed by atoms with E-state index < -0.39 is 0 Å². The number of nitrogens with zero attached hydrogens (tertiary/aromatic N) is 2. The summed E-state index contributed by atoms with van der Waals surface area (Å²) in [5, 5.41) is 3.27. The van der Waals surface area contributed by atoms with E-state index in [9.17, 15) is 9.59 Å². The van der Waals surface area contributed by atoms with Gasteiger partial charge in [-0.3, -0.25) is 9.59 Å². The molecular formula is C21H31N3O2. The highest BCUT2D eigenvalue weighted by Gasteiger charge is 2.35. The minimum atomic E-state index is 0.0896. The van der Waals surface area contributed by atoms with Crippen molar-refractivity contribution in [3.8, 4) is 0 Å². The van der Waals surface area contributed by atoms with Gasteiger partial charge in [0.1, 0.15) is 0 Å². The molecule has 5 heteroatoms. The Balaban J connectivity index is 1.59. The van der Waals surface area contributed by atoms with Crippen LogP contribution in [0, 0.1) is 11.8 Å². The van der Waals surface area contributed by atoms with Crippen molar-refractivity contribution in [3.63, 3.8) is 0 Å². The topological polar surface area (TPSA) is 52.7 Å². The minimum absolute atomic E-state index is 0.0896. The zero-order valence-corrected chi connectivity index (χ0v) is 16.0. The highest BCUT2D eigenvalue weighted by molar-refractivity contribution is 5.94. The summed E-state index contributed by atoms with van der Waals surface area (Å²) in [6.07, 6.45) is 2.73. The first kappa shape index (κ1) is 18.9. The maximum Gasteiger partial charge on any atom is 0.253 e. The second kappa shape index (κ2) is 8.67. The normalized spacial score (nSPS) is 19.7. The summed E-state index contributed by atoms with van der Waals surface area (Å²) in [5.74, 6) is 0.964. The van der Waals surface area contributed by atoms with Gasteiger partial charge in [0.05, 0.1) is 0 Å². The molecule has 2 aliphatic heterocycles. The molecule has 0 aromatic heterocycles. The van der Waals surface area contributed by atoms with Gasteiger partial charge in [-0.2, -0.15) is 0 Å². The number of carbonyl (C=O) groups is 2. The molecule has 0 saturated carbocycles. The predicted octanol–water partition coefficient (Wildman–Crippen LogP) is 2.39. The molecule has 0 aliphatic carbocycles. The Morgan fingerprint density at radius 2 is 1.85 bits per heavy atom. The Morgan fingerprint density at radius 1 is 1.19 bits per heavy atom. The molecule has 2 amide bonds. The Labute approximate surface area is 156 Å². The van der Waals surface area contributed by atoms with E-state index in [1.807, 2.05) is 35.2 Å².